The van der Waals surface area contributed by atoms with E-state index in [1.165, 1.54) is 11.1 Å². The zero-order valence-electron chi connectivity index (χ0n) is 17.4. The number of nitrogens with one attached hydrogen (secondary N) is 1. The quantitative estimate of drug-likeness (QED) is 0.557. The van der Waals surface area contributed by atoms with E-state index in [0.29, 0.717) is 12.3 Å². The second-order valence-corrected chi connectivity index (χ2v) is 9.31. The Morgan fingerprint density at radius 2 is 1.83 bits per heavy atom. The molecule has 0 bridgehead atoms. The van der Waals surface area contributed by atoms with Crippen LogP contribution >= 0.6 is 27.7 Å². The lowest BCUT2D eigenvalue weighted by molar-refractivity contribution is -0.138. The molecule has 2 aromatic rings. The van der Waals surface area contributed by atoms with Crippen LogP contribution in [0.15, 0.2) is 53.0 Å². The van der Waals surface area contributed by atoms with E-state index in [2.05, 4.69) is 40.3 Å². The average molecular weight is 477 g/mol. The van der Waals surface area contributed by atoms with Crippen LogP contribution in [0.4, 0.5) is 0 Å². The van der Waals surface area contributed by atoms with Crippen LogP contribution in [0.1, 0.15) is 37.5 Å². The van der Waals surface area contributed by atoms with E-state index in [-0.39, 0.29) is 17.9 Å². The molecular weight excluding hydrogens is 448 g/mol. The van der Waals surface area contributed by atoms with Gasteiger partial charge in [-0.05, 0) is 56.5 Å². The van der Waals surface area contributed by atoms with E-state index in [1.54, 1.807) is 23.6 Å². The van der Waals surface area contributed by atoms with E-state index in [9.17, 15) is 9.59 Å². The maximum atomic E-state index is 13.1. The predicted octanol–water partition coefficient (Wildman–Crippen LogP) is 4.93. The van der Waals surface area contributed by atoms with Crippen molar-refractivity contribution in [1.82, 2.24) is 10.2 Å². The molecule has 0 aromatic heterocycles. The molecule has 0 fully saturated rings. The number of nitrogens with zero attached hydrogens (tertiary/aromatic N) is 1. The van der Waals surface area contributed by atoms with Gasteiger partial charge < -0.3 is 10.2 Å². The molecule has 6 heteroatoms. The number of aryl methyl sites for hydroxylation is 1. The van der Waals surface area contributed by atoms with Crippen molar-refractivity contribution in [3.8, 4) is 0 Å². The minimum atomic E-state index is -0.539. The molecule has 0 unspecified atom stereocenters. The molecule has 0 spiro atoms. The normalized spacial score (nSPS) is 11.9. The SMILES string of the molecule is Cc1ccccc1CSCC(=O)N(Cc1cccc(Br)c1)[C@H](C)C(=O)NC(C)C. The third-order valence-electron chi connectivity index (χ3n) is 4.58. The third kappa shape index (κ3) is 7.52. The zero-order chi connectivity index (χ0) is 21.4. The first kappa shape index (κ1) is 23.5. The summed E-state index contributed by atoms with van der Waals surface area (Å²) in [6, 6.07) is 15.5. The van der Waals surface area contributed by atoms with Crippen molar-refractivity contribution in [3.63, 3.8) is 0 Å². The highest BCUT2D eigenvalue weighted by atomic mass is 79.9. The van der Waals surface area contributed by atoms with Gasteiger partial charge in [-0.3, -0.25) is 9.59 Å². The average Bonchev–Trinajstić information content (AvgIpc) is 2.66. The molecule has 4 nitrogen and oxygen atoms in total. The Kier molecular flexibility index (Phi) is 9.24. The van der Waals surface area contributed by atoms with Crippen LogP contribution in [0, 0.1) is 6.92 Å². The van der Waals surface area contributed by atoms with E-state index < -0.39 is 6.04 Å². The molecule has 29 heavy (non-hydrogen) atoms. The number of hydrogen-bond acceptors (Lipinski definition) is 3. The molecule has 1 atom stereocenters. The van der Waals surface area contributed by atoms with Gasteiger partial charge in [0.25, 0.3) is 0 Å². The Bertz CT molecular complexity index is 841. The lowest BCUT2D eigenvalue weighted by Gasteiger charge is -2.29. The number of hydrogen-bond donors (Lipinski definition) is 1. The summed E-state index contributed by atoms with van der Waals surface area (Å²) < 4.78 is 0.954. The van der Waals surface area contributed by atoms with E-state index in [4.69, 9.17) is 0 Å². The Balaban J connectivity index is 2.09. The highest BCUT2D eigenvalue weighted by Crippen LogP contribution is 2.19. The minimum absolute atomic E-state index is 0.0307. The first-order chi connectivity index (χ1) is 13.8. The molecule has 2 aromatic carbocycles. The van der Waals surface area contributed by atoms with Gasteiger partial charge >= 0.3 is 0 Å². The van der Waals surface area contributed by atoms with Crippen LogP contribution in [0.2, 0.25) is 0 Å². The van der Waals surface area contributed by atoms with Crippen molar-refractivity contribution in [2.24, 2.45) is 0 Å². The second-order valence-electron chi connectivity index (χ2n) is 7.41. The van der Waals surface area contributed by atoms with Crippen LogP contribution in [0.5, 0.6) is 0 Å². The van der Waals surface area contributed by atoms with E-state index in [1.807, 2.05) is 50.2 Å². The molecule has 2 amide bonds. The summed E-state index contributed by atoms with van der Waals surface area (Å²) in [6.45, 7) is 8.11. The summed E-state index contributed by atoms with van der Waals surface area (Å²) in [6.07, 6.45) is 0. The smallest absolute Gasteiger partial charge is 0.242 e. The molecule has 0 radical (unpaired) electrons. The van der Waals surface area contributed by atoms with Crippen LogP contribution in [0.3, 0.4) is 0 Å². The Hall–Kier alpha value is -1.79. The lowest BCUT2D eigenvalue weighted by Crippen LogP contribution is -2.49. The summed E-state index contributed by atoms with van der Waals surface area (Å²) >= 11 is 5.06. The highest BCUT2D eigenvalue weighted by molar-refractivity contribution is 9.10. The summed E-state index contributed by atoms with van der Waals surface area (Å²) in [5, 5.41) is 2.92. The fraction of sp³-hybridized carbons (Fsp3) is 0.391. The van der Waals surface area contributed by atoms with Crippen molar-refractivity contribution in [3.05, 3.63) is 69.7 Å². The molecule has 0 saturated heterocycles. The number of carbonyl (C=O) groups excluding carboxylic acids is 2. The number of amides is 2. The van der Waals surface area contributed by atoms with Gasteiger partial charge in [0, 0.05) is 22.8 Å². The maximum Gasteiger partial charge on any atom is 0.242 e. The number of halogens is 1. The topological polar surface area (TPSA) is 49.4 Å². The van der Waals surface area contributed by atoms with Gasteiger partial charge in [-0.1, -0.05) is 52.3 Å². The molecule has 0 aliphatic rings. The van der Waals surface area contributed by atoms with Gasteiger partial charge in [0.05, 0.1) is 5.75 Å². The van der Waals surface area contributed by atoms with Crippen LogP contribution < -0.4 is 5.32 Å². The van der Waals surface area contributed by atoms with Crippen molar-refractivity contribution in [2.45, 2.75) is 52.1 Å². The molecule has 2 rings (SSSR count). The number of benzene rings is 2. The van der Waals surface area contributed by atoms with Gasteiger partial charge in [-0.25, -0.2) is 0 Å². The first-order valence-electron chi connectivity index (χ1n) is 9.74. The largest absolute Gasteiger partial charge is 0.352 e. The van der Waals surface area contributed by atoms with E-state index >= 15 is 0 Å². The van der Waals surface area contributed by atoms with Crippen molar-refractivity contribution in [2.75, 3.05) is 5.75 Å². The molecule has 0 aliphatic carbocycles. The first-order valence-corrected chi connectivity index (χ1v) is 11.7. The fourth-order valence-electron chi connectivity index (χ4n) is 2.92. The van der Waals surface area contributed by atoms with Crippen LogP contribution in [-0.4, -0.2) is 34.6 Å². The minimum Gasteiger partial charge on any atom is -0.352 e. The third-order valence-corrected chi connectivity index (χ3v) is 6.04. The highest BCUT2D eigenvalue weighted by Gasteiger charge is 2.26. The Morgan fingerprint density at radius 1 is 1.10 bits per heavy atom. The number of carbonyl (C=O) groups is 2. The molecule has 156 valence electrons. The summed E-state index contributed by atoms with van der Waals surface area (Å²) in [5.74, 6) is 0.944. The van der Waals surface area contributed by atoms with Gasteiger partial charge in [0.1, 0.15) is 6.04 Å². The summed E-state index contributed by atoms with van der Waals surface area (Å²) in [7, 11) is 0. The van der Waals surface area contributed by atoms with E-state index in [0.717, 1.165) is 15.8 Å². The van der Waals surface area contributed by atoms with Crippen LogP contribution in [0.25, 0.3) is 0 Å². The Morgan fingerprint density at radius 3 is 2.48 bits per heavy atom. The summed E-state index contributed by atoms with van der Waals surface area (Å²) in [4.78, 5) is 27.3. The van der Waals surface area contributed by atoms with Gasteiger partial charge in [0.15, 0.2) is 0 Å². The fourth-order valence-corrected chi connectivity index (χ4v) is 4.36. The van der Waals surface area contributed by atoms with Crippen molar-refractivity contribution >= 4 is 39.5 Å². The summed E-state index contributed by atoms with van der Waals surface area (Å²) in [5.41, 5.74) is 3.44. The molecule has 1 N–H and O–H groups in total. The predicted molar refractivity (Wildman–Crippen MR) is 125 cm³/mol. The standard InChI is InChI=1S/C23H29BrN2O2S/c1-16(2)25-23(28)18(4)26(13-19-9-7-11-21(24)12-19)22(27)15-29-14-20-10-6-5-8-17(20)3/h5-12,16,18H,13-15H2,1-4H3,(H,25,28)/t18-/m1/s1. The van der Waals surface area contributed by atoms with Crippen molar-refractivity contribution < 1.29 is 9.59 Å². The van der Waals surface area contributed by atoms with Gasteiger partial charge in [0.2, 0.25) is 11.8 Å². The second kappa shape index (κ2) is 11.4. The monoisotopic (exact) mass is 476 g/mol. The number of thioether (sulfide) groups is 1. The lowest BCUT2D eigenvalue weighted by atomic mass is 10.1. The van der Waals surface area contributed by atoms with Crippen molar-refractivity contribution in [1.29, 1.82) is 0 Å². The van der Waals surface area contributed by atoms with Crippen LogP contribution in [-0.2, 0) is 21.9 Å². The number of rotatable bonds is 9. The molecule has 0 saturated carbocycles. The molecule has 0 heterocycles. The van der Waals surface area contributed by atoms with Gasteiger partial charge in [-0.15, -0.1) is 11.8 Å². The molecular formula is C23H29BrN2O2S. The maximum absolute atomic E-state index is 13.1. The Labute approximate surface area is 186 Å². The zero-order valence-corrected chi connectivity index (χ0v) is 19.8. The molecule has 0 aliphatic heterocycles. The van der Waals surface area contributed by atoms with Gasteiger partial charge in [-0.2, -0.15) is 0 Å².